The van der Waals surface area contributed by atoms with Gasteiger partial charge < -0.3 is 0 Å². The number of imidazole rings is 1. The van der Waals surface area contributed by atoms with Crippen LogP contribution < -0.4 is 0 Å². The van der Waals surface area contributed by atoms with Gasteiger partial charge in [0.25, 0.3) is 0 Å². The number of alkyl halides is 1. The molecule has 0 aliphatic heterocycles. The molecule has 2 aromatic carbocycles. The predicted octanol–water partition coefficient (Wildman–Crippen LogP) is 4.35. The van der Waals surface area contributed by atoms with E-state index in [1.54, 1.807) is 29.7 Å². The zero-order valence-corrected chi connectivity index (χ0v) is 11.5. The van der Waals surface area contributed by atoms with Crippen molar-refractivity contribution in [2.75, 3.05) is 0 Å². The van der Waals surface area contributed by atoms with E-state index >= 15 is 0 Å². The van der Waals surface area contributed by atoms with Gasteiger partial charge in [0.2, 0.25) is 0 Å². The van der Waals surface area contributed by atoms with E-state index in [9.17, 15) is 8.78 Å². The van der Waals surface area contributed by atoms with Crippen molar-refractivity contribution in [3.63, 3.8) is 0 Å². The zero-order valence-electron chi connectivity index (χ0n) is 10.7. The lowest BCUT2D eigenvalue weighted by Gasteiger charge is -2.11. The van der Waals surface area contributed by atoms with Crippen molar-refractivity contribution < 1.29 is 8.78 Å². The molecular formula is C15H11ClF2N2. The largest absolute Gasteiger partial charge is 0.295 e. The van der Waals surface area contributed by atoms with Crippen LogP contribution >= 0.6 is 11.6 Å². The van der Waals surface area contributed by atoms with Crippen LogP contribution in [0.5, 0.6) is 0 Å². The quantitative estimate of drug-likeness (QED) is 0.642. The third-order valence-corrected chi connectivity index (χ3v) is 3.52. The van der Waals surface area contributed by atoms with Crippen LogP contribution in [0.25, 0.3) is 16.7 Å². The van der Waals surface area contributed by atoms with Crippen molar-refractivity contribution in [2.24, 2.45) is 0 Å². The second kappa shape index (κ2) is 4.87. The third kappa shape index (κ3) is 1.96. The Morgan fingerprint density at radius 1 is 1.20 bits per heavy atom. The average molecular weight is 293 g/mol. The summed E-state index contributed by atoms with van der Waals surface area (Å²) in [5.41, 5.74) is 2.30. The van der Waals surface area contributed by atoms with Crippen LogP contribution in [-0.4, -0.2) is 9.55 Å². The van der Waals surface area contributed by atoms with Gasteiger partial charge in [-0.3, -0.25) is 4.57 Å². The molecule has 0 atom stereocenters. The highest BCUT2D eigenvalue weighted by atomic mass is 35.5. The van der Waals surface area contributed by atoms with Gasteiger partial charge in [-0.15, -0.1) is 11.6 Å². The minimum Gasteiger partial charge on any atom is -0.295 e. The Bertz CT molecular complexity index is 796. The van der Waals surface area contributed by atoms with Crippen molar-refractivity contribution in [1.29, 1.82) is 0 Å². The second-order valence-corrected chi connectivity index (χ2v) is 4.78. The number of halogens is 3. The molecule has 0 radical (unpaired) electrons. The standard InChI is InChI=1S/C15H11ClF2N2/c1-9-11(18)3-2-4-13(9)20-14-7-10(17)5-6-12(14)19-15(20)8-16/h2-7H,8H2,1H3. The van der Waals surface area contributed by atoms with E-state index in [2.05, 4.69) is 4.98 Å². The number of benzene rings is 2. The Morgan fingerprint density at radius 3 is 2.75 bits per heavy atom. The van der Waals surface area contributed by atoms with Crippen LogP contribution in [-0.2, 0) is 5.88 Å². The molecule has 0 aliphatic rings. The highest BCUT2D eigenvalue weighted by molar-refractivity contribution is 6.17. The minimum atomic E-state index is -0.367. The summed E-state index contributed by atoms with van der Waals surface area (Å²) in [6.07, 6.45) is 0. The Morgan fingerprint density at radius 2 is 2.00 bits per heavy atom. The van der Waals surface area contributed by atoms with Crippen LogP contribution in [0.1, 0.15) is 11.4 Å². The van der Waals surface area contributed by atoms with E-state index in [0.29, 0.717) is 28.1 Å². The Kier molecular flexibility index (Phi) is 3.18. The monoisotopic (exact) mass is 292 g/mol. The molecule has 0 unspecified atom stereocenters. The average Bonchev–Trinajstić information content (AvgIpc) is 2.79. The van der Waals surface area contributed by atoms with Gasteiger partial charge in [-0.05, 0) is 31.2 Å². The maximum atomic E-state index is 13.7. The van der Waals surface area contributed by atoms with Crippen molar-refractivity contribution in [3.05, 3.63) is 59.4 Å². The maximum Gasteiger partial charge on any atom is 0.129 e. The van der Waals surface area contributed by atoms with Gasteiger partial charge in [0.05, 0.1) is 22.6 Å². The number of nitrogens with zero attached hydrogens (tertiary/aromatic N) is 2. The minimum absolute atomic E-state index is 0.159. The van der Waals surface area contributed by atoms with Crippen molar-refractivity contribution >= 4 is 22.6 Å². The van der Waals surface area contributed by atoms with Gasteiger partial charge in [0, 0.05) is 11.6 Å². The molecule has 20 heavy (non-hydrogen) atoms. The van der Waals surface area contributed by atoms with Gasteiger partial charge in [-0.2, -0.15) is 0 Å². The predicted molar refractivity (Wildman–Crippen MR) is 75.3 cm³/mol. The molecule has 0 fully saturated rings. The molecule has 0 amide bonds. The number of aromatic nitrogens is 2. The number of rotatable bonds is 2. The fraction of sp³-hybridized carbons (Fsp3) is 0.133. The lowest BCUT2D eigenvalue weighted by molar-refractivity contribution is 0.616. The van der Waals surface area contributed by atoms with Crippen LogP contribution in [0.3, 0.4) is 0 Å². The Labute approximate surface area is 119 Å². The summed E-state index contributed by atoms with van der Waals surface area (Å²) in [4.78, 5) is 4.36. The smallest absolute Gasteiger partial charge is 0.129 e. The summed E-state index contributed by atoms with van der Waals surface area (Å²) in [7, 11) is 0. The van der Waals surface area contributed by atoms with Crippen LogP contribution in [0.2, 0.25) is 0 Å². The molecule has 1 aromatic heterocycles. The molecule has 5 heteroatoms. The van der Waals surface area contributed by atoms with Crippen LogP contribution in [0, 0.1) is 18.6 Å². The lowest BCUT2D eigenvalue weighted by atomic mass is 10.2. The van der Waals surface area contributed by atoms with E-state index in [0.717, 1.165) is 0 Å². The number of hydrogen-bond acceptors (Lipinski definition) is 1. The first-order chi connectivity index (χ1) is 9.61. The van der Waals surface area contributed by atoms with E-state index in [-0.39, 0.29) is 17.5 Å². The topological polar surface area (TPSA) is 17.8 Å². The second-order valence-electron chi connectivity index (χ2n) is 4.51. The fourth-order valence-electron chi connectivity index (χ4n) is 2.30. The third-order valence-electron chi connectivity index (χ3n) is 3.29. The van der Waals surface area contributed by atoms with E-state index < -0.39 is 0 Å². The summed E-state index contributed by atoms with van der Waals surface area (Å²) in [6, 6.07) is 9.07. The highest BCUT2D eigenvalue weighted by Gasteiger charge is 2.15. The van der Waals surface area contributed by atoms with Gasteiger partial charge in [-0.25, -0.2) is 13.8 Å². The molecule has 0 aliphatic carbocycles. The summed E-state index contributed by atoms with van der Waals surface area (Å²) < 4.78 is 28.9. The molecular weight excluding hydrogens is 282 g/mol. The van der Waals surface area contributed by atoms with Gasteiger partial charge in [-0.1, -0.05) is 6.07 Å². The normalized spacial score (nSPS) is 11.2. The Hall–Kier alpha value is -1.94. The first-order valence-corrected chi connectivity index (χ1v) is 6.63. The lowest BCUT2D eigenvalue weighted by Crippen LogP contribution is -2.03. The summed E-state index contributed by atoms with van der Waals surface area (Å²) in [5, 5.41) is 0. The summed E-state index contributed by atoms with van der Waals surface area (Å²) >= 11 is 5.91. The highest BCUT2D eigenvalue weighted by Crippen LogP contribution is 2.26. The van der Waals surface area contributed by atoms with Gasteiger partial charge in [0.15, 0.2) is 0 Å². The van der Waals surface area contributed by atoms with Crippen molar-refractivity contribution in [2.45, 2.75) is 12.8 Å². The zero-order chi connectivity index (χ0) is 14.3. The van der Waals surface area contributed by atoms with Crippen molar-refractivity contribution in [1.82, 2.24) is 9.55 Å². The van der Waals surface area contributed by atoms with E-state index in [1.807, 2.05) is 0 Å². The SMILES string of the molecule is Cc1c(F)cccc1-n1c(CCl)nc2ccc(F)cc21. The van der Waals surface area contributed by atoms with Crippen LogP contribution in [0.15, 0.2) is 36.4 Å². The van der Waals surface area contributed by atoms with Crippen LogP contribution in [0.4, 0.5) is 8.78 Å². The Balaban J connectivity index is 2.39. The maximum absolute atomic E-state index is 13.7. The molecule has 0 saturated carbocycles. The molecule has 0 N–H and O–H groups in total. The molecule has 0 saturated heterocycles. The van der Waals surface area contributed by atoms with Gasteiger partial charge in [0.1, 0.15) is 17.5 Å². The molecule has 1 heterocycles. The summed E-state index contributed by atoms with van der Waals surface area (Å²) in [5.74, 6) is 0.0303. The fourth-order valence-corrected chi connectivity index (χ4v) is 2.47. The molecule has 0 spiro atoms. The molecule has 3 rings (SSSR count). The molecule has 0 bridgehead atoms. The molecule has 102 valence electrons. The molecule has 2 nitrogen and oxygen atoms in total. The van der Waals surface area contributed by atoms with E-state index in [4.69, 9.17) is 11.6 Å². The number of hydrogen-bond donors (Lipinski definition) is 0. The van der Waals surface area contributed by atoms with Gasteiger partial charge >= 0.3 is 0 Å². The first kappa shape index (κ1) is 13.1. The number of fused-ring (bicyclic) bond motifs is 1. The first-order valence-electron chi connectivity index (χ1n) is 6.10. The molecule has 3 aromatic rings. The van der Waals surface area contributed by atoms with Crippen molar-refractivity contribution in [3.8, 4) is 5.69 Å². The summed E-state index contributed by atoms with van der Waals surface area (Å²) in [6.45, 7) is 1.67. The van der Waals surface area contributed by atoms with E-state index in [1.165, 1.54) is 18.2 Å².